The molecule has 0 saturated heterocycles. The van der Waals surface area contributed by atoms with Gasteiger partial charge in [-0.25, -0.2) is 4.39 Å². The highest BCUT2D eigenvalue weighted by atomic mass is 32.1. The zero-order valence-electron chi connectivity index (χ0n) is 7.33. The number of rotatable bonds is 3. The molecule has 13 heavy (non-hydrogen) atoms. The van der Waals surface area contributed by atoms with E-state index in [-0.39, 0.29) is 11.9 Å². The number of thiol groups is 1. The second-order valence-electron chi connectivity index (χ2n) is 2.68. The monoisotopic (exact) mass is 201 g/mol. The van der Waals surface area contributed by atoms with E-state index < -0.39 is 0 Å². The number of nitrogens with two attached hydrogens (primary N) is 1. The topological polar surface area (TPSA) is 35.2 Å². The van der Waals surface area contributed by atoms with Crippen molar-refractivity contribution in [3.63, 3.8) is 0 Å². The molecule has 0 fully saturated rings. The number of benzene rings is 1. The zero-order valence-corrected chi connectivity index (χ0v) is 8.22. The fraction of sp³-hybridized carbons (Fsp3) is 0.333. The molecule has 1 aromatic rings. The van der Waals surface area contributed by atoms with Crippen LogP contribution in [-0.2, 0) is 0 Å². The first-order chi connectivity index (χ1) is 6.19. The van der Waals surface area contributed by atoms with Crippen LogP contribution in [0.4, 0.5) is 4.39 Å². The SMILES string of the molecule is COc1ccc(F)cc1C(N)CS. The second-order valence-corrected chi connectivity index (χ2v) is 3.04. The third kappa shape index (κ3) is 2.35. The minimum Gasteiger partial charge on any atom is -0.496 e. The summed E-state index contributed by atoms with van der Waals surface area (Å²) in [4.78, 5) is 0. The normalized spacial score (nSPS) is 12.6. The number of hydrogen-bond donors (Lipinski definition) is 2. The van der Waals surface area contributed by atoms with Crippen LogP contribution in [0.2, 0.25) is 0 Å². The van der Waals surface area contributed by atoms with Crippen LogP contribution in [0.5, 0.6) is 5.75 Å². The predicted molar refractivity (Wildman–Crippen MR) is 53.7 cm³/mol. The number of halogens is 1. The Morgan fingerprint density at radius 2 is 2.31 bits per heavy atom. The van der Waals surface area contributed by atoms with E-state index in [1.54, 1.807) is 6.07 Å². The maximum absolute atomic E-state index is 12.8. The molecule has 1 atom stereocenters. The number of ether oxygens (including phenoxy) is 1. The largest absolute Gasteiger partial charge is 0.496 e. The summed E-state index contributed by atoms with van der Waals surface area (Å²) in [5.41, 5.74) is 6.37. The van der Waals surface area contributed by atoms with Crippen LogP contribution < -0.4 is 10.5 Å². The molecule has 0 aromatic heterocycles. The van der Waals surface area contributed by atoms with Crippen LogP contribution in [-0.4, -0.2) is 12.9 Å². The second kappa shape index (κ2) is 4.48. The summed E-state index contributed by atoms with van der Waals surface area (Å²) in [5, 5.41) is 0. The van der Waals surface area contributed by atoms with Crippen molar-refractivity contribution in [2.24, 2.45) is 5.73 Å². The fourth-order valence-corrected chi connectivity index (χ4v) is 1.29. The lowest BCUT2D eigenvalue weighted by Crippen LogP contribution is -2.13. The van der Waals surface area contributed by atoms with Crippen LogP contribution in [0.15, 0.2) is 18.2 Å². The summed E-state index contributed by atoms with van der Waals surface area (Å²) in [6.45, 7) is 0. The molecule has 72 valence electrons. The Morgan fingerprint density at radius 3 is 2.85 bits per heavy atom. The van der Waals surface area contributed by atoms with Gasteiger partial charge in [-0.2, -0.15) is 12.6 Å². The van der Waals surface area contributed by atoms with Gasteiger partial charge in [0, 0.05) is 17.4 Å². The minimum absolute atomic E-state index is 0.297. The molecule has 1 rings (SSSR count). The maximum Gasteiger partial charge on any atom is 0.123 e. The summed E-state index contributed by atoms with van der Waals surface area (Å²) in [6.07, 6.45) is 0. The summed E-state index contributed by atoms with van der Waals surface area (Å²) in [7, 11) is 1.53. The fourth-order valence-electron chi connectivity index (χ4n) is 1.09. The molecule has 1 aromatic carbocycles. The first kappa shape index (κ1) is 10.3. The molecule has 1 unspecified atom stereocenters. The van der Waals surface area contributed by atoms with Crippen molar-refractivity contribution >= 4 is 12.6 Å². The van der Waals surface area contributed by atoms with Crippen molar-refractivity contribution in [3.05, 3.63) is 29.6 Å². The molecule has 2 nitrogen and oxygen atoms in total. The van der Waals surface area contributed by atoms with Crippen LogP contribution in [0, 0.1) is 5.82 Å². The molecule has 4 heteroatoms. The predicted octanol–water partition coefficient (Wildman–Crippen LogP) is 1.76. The molecule has 0 spiro atoms. The van der Waals surface area contributed by atoms with Crippen molar-refractivity contribution in [1.29, 1.82) is 0 Å². The molecular formula is C9H12FNOS. The lowest BCUT2D eigenvalue weighted by molar-refractivity contribution is 0.405. The first-order valence-corrected chi connectivity index (χ1v) is 4.52. The van der Waals surface area contributed by atoms with E-state index in [4.69, 9.17) is 10.5 Å². The minimum atomic E-state index is -0.312. The van der Waals surface area contributed by atoms with Gasteiger partial charge in [-0.05, 0) is 18.2 Å². The summed E-state index contributed by atoms with van der Waals surface area (Å²) in [6, 6.07) is 3.98. The molecule has 0 amide bonds. The van der Waals surface area contributed by atoms with Crippen molar-refractivity contribution in [1.82, 2.24) is 0 Å². The molecule has 0 aliphatic rings. The van der Waals surface area contributed by atoms with Gasteiger partial charge in [-0.1, -0.05) is 0 Å². The molecule has 0 saturated carbocycles. The first-order valence-electron chi connectivity index (χ1n) is 3.89. The Kier molecular flexibility index (Phi) is 3.57. The van der Waals surface area contributed by atoms with Gasteiger partial charge in [0.15, 0.2) is 0 Å². The molecule has 2 N–H and O–H groups in total. The van der Waals surface area contributed by atoms with Gasteiger partial charge < -0.3 is 10.5 Å². The standard InChI is InChI=1S/C9H12FNOS/c1-12-9-3-2-6(10)4-7(9)8(11)5-13/h2-4,8,13H,5,11H2,1H3. The highest BCUT2D eigenvalue weighted by molar-refractivity contribution is 7.80. The van der Waals surface area contributed by atoms with Crippen molar-refractivity contribution in [2.75, 3.05) is 12.9 Å². The highest BCUT2D eigenvalue weighted by Crippen LogP contribution is 2.24. The van der Waals surface area contributed by atoms with Gasteiger partial charge >= 0.3 is 0 Å². The Morgan fingerprint density at radius 1 is 1.62 bits per heavy atom. The lowest BCUT2D eigenvalue weighted by atomic mass is 10.1. The molecule has 0 radical (unpaired) electrons. The van der Waals surface area contributed by atoms with Crippen molar-refractivity contribution in [2.45, 2.75) is 6.04 Å². The summed E-state index contributed by atoms with van der Waals surface area (Å²) >= 11 is 4.04. The van der Waals surface area contributed by atoms with E-state index in [1.807, 2.05) is 0 Å². The molecule has 0 heterocycles. The Labute approximate surface area is 82.3 Å². The Bertz CT molecular complexity index is 293. The van der Waals surface area contributed by atoms with E-state index in [9.17, 15) is 4.39 Å². The van der Waals surface area contributed by atoms with Gasteiger partial charge in [-0.15, -0.1) is 0 Å². The third-order valence-corrected chi connectivity index (χ3v) is 2.18. The average Bonchev–Trinajstić information content (AvgIpc) is 2.16. The van der Waals surface area contributed by atoms with Gasteiger partial charge in [0.05, 0.1) is 7.11 Å². The quantitative estimate of drug-likeness (QED) is 0.731. The van der Waals surface area contributed by atoms with Gasteiger partial charge in [0.2, 0.25) is 0 Å². The number of methoxy groups -OCH3 is 1. The smallest absolute Gasteiger partial charge is 0.123 e. The van der Waals surface area contributed by atoms with Crippen LogP contribution in [0.3, 0.4) is 0 Å². The van der Waals surface area contributed by atoms with Gasteiger partial charge in [0.25, 0.3) is 0 Å². The van der Waals surface area contributed by atoms with E-state index in [0.717, 1.165) is 0 Å². The van der Waals surface area contributed by atoms with E-state index in [1.165, 1.54) is 19.2 Å². The molecular weight excluding hydrogens is 189 g/mol. The van der Waals surface area contributed by atoms with Crippen LogP contribution >= 0.6 is 12.6 Å². The van der Waals surface area contributed by atoms with Crippen molar-refractivity contribution in [3.8, 4) is 5.75 Å². The number of hydrogen-bond acceptors (Lipinski definition) is 3. The van der Waals surface area contributed by atoms with Crippen LogP contribution in [0.25, 0.3) is 0 Å². The van der Waals surface area contributed by atoms with E-state index in [0.29, 0.717) is 17.1 Å². The Hall–Kier alpha value is -0.740. The van der Waals surface area contributed by atoms with E-state index >= 15 is 0 Å². The lowest BCUT2D eigenvalue weighted by Gasteiger charge is -2.13. The Balaban J connectivity index is 3.07. The van der Waals surface area contributed by atoms with Gasteiger partial charge in [-0.3, -0.25) is 0 Å². The molecule has 0 aliphatic carbocycles. The zero-order chi connectivity index (χ0) is 9.84. The average molecular weight is 201 g/mol. The van der Waals surface area contributed by atoms with Crippen molar-refractivity contribution < 1.29 is 9.13 Å². The third-order valence-electron chi connectivity index (χ3n) is 1.79. The maximum atomic E-state index is 12.8. The summed E-state index contributed by atoms with van der Waals surface area (Å²) in [5.74, 6) is 0.746. The van der Waals surface area contributed by atoms with E-state index in [2.05, 4.69) is 12.6 Å². The summed E-state index contributed by atoms with van der Waals surface area (Å²) < 4.78 is 17.9. The highest BCUT2D eigenvalue weighted by Gasteiger charge is 2.10. The van der Waals surface area contributed by atoms with Gasteiger partial charge in [0.1, 0.15) is 11.6 Å². The molecule has 0 bridgehead atoms. The molecule has 0 aliphatic heterocycles. The van der Waals surface area contributed by atoms with Crippen LogP contribution in [0.1, 0.15) is 11.6 Å².